The van der Waals surface area contributed by atoms with Crippen LogP contribution < -0.4 is 5.56 Å². The zero-order valence-electron chi connectivity index (χ0n) is 11.3. The molecule has 1 fully saturated rings. The third-order valence-electron chi connectivity index (χ3n) is 3.75. The first kappa shape index (κ1) is 13.7. The number of aliphatic hydroxyl groups is 1. The highest BCUT2D eigenvalue weighted by atomic mass is 16.3. The Hall–Kier alpha value is -1.69. The Bertz CT molecular complexity index is 538. The molecule has 1 aliphatic heterocycles. The maximum absolute atomic E-state index is 12.5. The second-order valence-corrected chi connectivity index (χ2v) is 5.08. The molecule has 19 heavy (non-hydrogen) atoms. The number of rotatable bonds is 2. The van der Waals surface area contributed by atoms with Gasteiger partial charge < -0.3 is 10.0 Å². The van der Waals surface area contributed by atoms with Crippen LogP contribution in [-0.4, -0.2) is 45.8 Å². The average Bonchev–Trinajstić information content (AvgIpc) is 2.43. The smallest absolute Gasteiger partial charge is 0.277 e. The van der Waals surface area contributed by atoms with E-state index < -0.39 is 5.56 Å². The number of aromatic nitrogens is 2. The van der Waals surface area contributed by atoms with Crippen molar-refractivity contribution in [2.24, 2.45) is 5.92 Å². The number of hydrogen-bond donors (Lipinski definition) is 2. The Morgan fingerprint density at radius 2 is 2.26 bits per heavy atom. The number of aromatic amines is 1. The van der Waals surface area contributed by atoms with Crippen LogP contribution in [0, 0.1) is 19.8 Å². The van der Waals surface area contributed by atoms with E-state index in [9.17, 15) is 14.7 Å². The third-order valence-corrected chi connectivity index (χ3v) is 3.75. The first-order valence-electron chi connectivity index (χ1n) is 6.50. The van der Waals surface area contributed by atoms with Crippen molar-refractivity contribution in [2.75, 3.05) is 19.7 Å². The second-order valence-electron chi connectivity index (χ2n) is 5.08. The zero-order valence-corrected chi connectivity index (χ0v) is 11.3. The molecule has 104 valence electrons. The van der Waals surface area contributed by atoms with Crippen molar-refractivity contribution >= 4 is 5.91 Å². The molecule has 0 saturated carbocycles. The van der Waals surface area contributed by atoms with Gasteiger partial charge in [-0.05, 0) is 38.2 Å². The number of likely N-dealkylation sites (tertiary alicyclic amines) is 1. The van der Waals surface area contributed by atoms with Gasteiger partial charge in [-0.15, -0.1) is 0 Å². The molecule has 2 N–H and O–H groups in total. The number of H-pyrrole nitrogens is 1. The Balaban J connectivity index is 2.29. The summed E-state index contributed by atoms with van der Waals surface area (Å²) in [6, 6.07) is 0. The number of hydrogen-bond acceptors (Lipinski definition) is 4. The van der Waals surface area contributed by atoms with E-state index in [1.54, 1.807) is 18.7 Å². The molecule has 2 heterocycles. The molecule has 1 atom stereocenters. The maximum Gasteiger partial charge on any atom is 0.277 e. The van der Waals surface area contributed by atoms with Crippen molar-refractivity contribution < 1.29 is 9.90 Å². The van der Waals surface area contributed by atoms with Crippen LogP contribution in [0.3, 0.4) is 0 Å². The van der Waals surface area contributed by atoms with Gasteiger partial charge in [0.25, 0.3) is 11.5 Å². The minimum absolute atomic E-state index is 0.0779. The predicted molar refractivity (Wildman–Crippen MR) is 70.0 cm³/mol. The van der Waals surface area contributed by atoms with Crippen LogP contribution in [0.1, 0.15) is 34.5 Å². The minimum Gasteiger partial charge on any atom is -0.396 e. The minimum atomic E-state index is -0.445. The van der Waals surface area contributed by atoms with Gasteiger partial charge in [0.05, 0.1) is 5.69 Å². The molecule has 1 aromatic heterocycles. The fourth-order valence-corrected chi connectivity index (χ4v) is 2.44. The lowest BCUT2D eigenvalue weighted by Crippen LogP contribution is -2.43. The van der Waals surface area contributed by atoms with Gasteiger partial charge >= 0.3 is 0 Å². The summed E-state index contributed by atoms with van der Waals surface area (Å²) in [4.78, 5) is 25.9. The standard InChI is InChI=1S/C13H19N3O3/c1-8-9(2)14-15-12(18)11(8)13(19)16-5-3-4-10(6-16)7-17/h10,17H,3-7H2,1-2H3,(H,15,18). The lowest BCUT2D eigenvalue weighted by Gasteiger charge is -2.32. The Kier molecular flexibility index (Phi) is 3.99. The van der Waals surface area contributed by atoms with Crippen molar-refractivity contribution in [3.8, 4) is 0 Å². The average molecular weight is 265 g/mol. The van der Waals surface area contributed by atoms with E-state index in [1.165, 1.54) is 0 Å². The monoisotopic (exact) mass is 265 g/mol. The topological polar surface area (TPSA) is 86.3 Å². The van der Waals surface area contributed by atoms with Crippen LogP contribution in [0.15, 0.2) is 4.79 Å². The van der Waals surface area contributed by atoms with E-state index >= 15 is 0 Å². The van der Waals surface area contributed by atoms with Crippen LogP contribution in [0.4, 0.5) is 0 Å². The molecule has 0 aromatic carbocycles. The molecule has 1 aliphatic rings. The molecule has 6 nitrogen and oxygen atoms in total. The number of piperidine rings is 1. The van der Waals surface area contributed by atoms with Gasteiger partial charge in [-0.25, -0.2) is 5.10 Å². The first-order chi connectivity index (χ1) is 9.04. The van der Waals surface area contributed by atoms with Crippen LogP contribution >= 0.6 is 0 Å². The molecular formula is C13H19N3O3. The Morgan fingerprint density at radius 1 is 1.53 bits per heavy atom. The summed E-state index contributed by atoms with van der Waals surface area (Å²) in [7, 11) is 0. The van der Waals surface area contributed by atoms with Crippen molar-refractivity contribution in [3.05, 3.63) is 27.2 Å². The van der Waals surface area contributed by atoms with Crippen LogP contribution in [-0.2, 0) is 0 Å². The van der Waals surface area contributed by atoms with Gasteiger partial charge in [-0.2, -0.15) is 5.10 Å². The summed E-state index contributed by atoms with van der Waals surface area (Å²) >= 11 is 0. The molecular weight excluding hydrogens is 246 g/mol. The molecule has 1 saturated heterocycles. The number of aryl methyl sites for hydroxylation is 1. The molecule has 1 aromatic rings. The molecule has 0 bridgehead atoms. The fourth-order valence-electron chi connectivity index (χ4n) is 2.44. The number of nitrogens with one attached hydrogen (secondary N) is 1. The highest BCUT2D eigenvalue weighted by Gasteiger charge is 2.27. The Morgan fingerprint density at radius 3 is 2.95 bits per heavy atom. The molecule has 6 heteroatoms. The van der Waals surface area contributed by atoms with Crippen LogP contribution in [0.5, 0.6) is 0 Å². The SMILES string of the molecule is Cc1n[nH]c(=O)c(C(=O)N2CCCC(CO)C2)c1C. The predicted octanol–water partition coefficient (Wildman–Crippen LogP) is 0.231. The lowest BCUT2D eigenvalue weighted by atomic mass is 9.98. The quantitative estimate of drug-likeness (QED) is 0.801. The summed E-state index contributed by atoms with van der Waals surface area (Å²) in [5.41, 5.74) is 1.00. The second kappa shape index (κ2) is 5.52. The third kappa shape index (κ3) is 2.68. The van der Waals surface area contributed by atoms with Gasteiger partial charge in [-0.1, -0.05) is 0 Å². The summed E-state index contributed by atoms with van der Waals surface area (Å²) in [6.45, 7) is 4.72. The first-order valence-corrected chi connectivity index (χ1v) is 6.50. The number of carbonyl (C=O) groups is 1. The fraction of sp³-hybridized carbons (Fsp3) is 0.615. The molecule has 1 amide bonds. The van der Waals surface area contributed by atoms with Gasteiger partial charge in [0.15, 0.2) is 0 Å². The van der Waals surface area contributed by atoms with E-state index in [2.05, 4.69) is 10.2 Å². The summed E-state index contributed by atoms with van der Waals surface area (Å²) in [6.07, 6.45) is 1.78. The molecule has 1 unspecified atom stereocenters. The number of amides is 1. The number of carbonyl (C=O) groups excluding carboxylic acids is 1. The normalized spacial score (nSPS) is 19.5. The highest BCUT2D eigenvalue weighted by Crippen LogP contribution is 2.18. The van der Waals surface area contributed by atoms with E-state index in [-0.39, 0.29) is 24.0 Å². The summed E-state index contributed by atoms with van der Waals surface area (Å²) < 4.78 is 0. The van der Waals surface area contributed by atoms with Crippen molar-refractivity contribution in [1.82, 2.24) is 15.1 Å². The van der Waals surface area contributed by atoms with Crippen LogP contribution in [0.25, 0.3) is 0 Å². The van der Waals surface area contributed by atoms with E-state index in [4.69, 9.17) is 0 Å². The summed E-state index contributed by atoms with van der Waals surface area (Å²) in [5, 5.41) is 15.4. The maximum atomic E-state index is 12.5. The largest absolute Gasteiger partial charge is 0.396 e. The highest BCUT2D eigenvalue weighted by molar-refractivity contribution is 5.95. The van der Waals surface area contributed by atoms with Crippen molar-refractivity contribution in [1.29, 1.82) is 0 Å². The van der Waals surface area contributed by atoms with E-state index in [0.717, 1.165) is 12.8 Å². The van der Waals surface area contributed by atoms with Crippen molar-refractivity contribution in [3.63, 3.8) is 0 Å². The van der Waals surface area contributed by atoms with E-state index in [1.807, 2.05) is 0 Å². The number of aliphatic hydroxyl groups excluding tert-OH is 1. The lowest BCUT2D eigenvalue weighted by molar-refractivity contribution is 0.0618. The number of nitrogens with zero attached hydrogens (tertiary/aromatic N) is 2. The Labute approximate surface area is 111 Å². The molecule has 2 rings (SSSR count). The van der Waals surface area contributed by atoms with E-state index in [0.29, 0.717) is 24.3 Å². The van der Waals surface area contributed by atoms with Gasteiger partial charge in [0, 0.05) is 19.7 Å². The van der Waals surface area contributed by atoms with Gasteiger partial charge in [-0.3, -0.25) is 9.59 Å². The molecule has 0 aliphatic carbocycles. The molecule has 0 spiro atoms. The zero-order chi connectivity index (χ0) is 14.0. The van der Waals surface area contributed by atoms with Gasteiger partial charge in [0.1, 0.15) is 5.56 Å². The van der Waals surface area contributed by atoms with Crippen LogP contribution in [0.2, 0.25) is 0 Å². The molecule has 0 radical (unpaired) electrons. The summed E-state index contributed by atoms with van der Waals surface area (Å²) in [5.74, 6) is -0.151. The van der Waals surface area contributed by atoms with Crippen molar-refractivity contribution in [2.45, 2.75) is 26.7 Å². The van der Waals surface area contributed by atoms with Gasteiger partial charge in [0.2, 0.25) is 0 Å².